The van der Waals surface area contributed by atoms with Gasteiger partial charge in [-0.15, -0.1) is 0 Å². The van der Waals surface area contributed by atoms with Crippen LogP contribution in [0.2, 0.25) is 0 Å². The lowest BCUT2D eigenvalue weighted by atomic mass is 10.3. The summed E-state index contributed by atoms with van der Waals surface area (Å²) in [4.78, 5) is 13.1. The molecule has 12 heavy (non-hydrogen) atoms. The second kappa shape index (κ2) is 7.29. The average molecular weight is 171 g/mol. The Kier molecular flexibility index (Phi) is 7.06. The monoisotopic (exact) mass is 171 g/mol. The Labute approximate surface area is 75.9 Å². The smallest absolute Gasteiger partial charge is 0.143 e. The molecule has 0 aromatic heterocycles. The van der Waals surface area contributed by atoms with Crippen molar-refractivity contribution in [1.82, 2.24) is 4.90 Å². The molecule has 0 spiro atoms. The zero-order valence-corrected chi connectivity index (χ0v) is 8.60. The Balaban J connectivity index is 3.61. The molecule has 0 aromatic rings. The molecule has 0 atom stereocenters. The van der Waals surface area contributed by atoms with E-state index in [2.05, 4.69) is 18.7 Å². The van der Waals surface area contributed by atoms with Gasteiger partial charge in [0.25, 0.3) is 0 Å². The molecule has 2 heteroatoms. The molecule has 0 rings (SSSR count). The van der Waals surface area contributed by atoms with Crippen molar-refractivity contribution < 1.29 is 4.79 Å². The highest BCUT2D eigenvalue weighted by Crippen LogP contribution is 1.96. The van der Waals surface area contributed by atoms with Crippen LogP contribution in [0.1, 0.15) is 40.0 Å². The molecule has 0 unspecified atom stereocenters. The molecule has 0 aromatic carbocycles. The van der Waals surface area contributed by atoms with Gasteiger partial charge < -0.3 is 0 Å². The fraction of sp³-hybridized carbons (Fsp3) is 0.900. The minimum absolute atomic E-state index is 0.277. The lowest BCUT2D eigenvalue weighted by molar-refractivity contribution is -0.118. The van der Waals surface area contributed by atoms with Crippen molar-refractivity contribution >= 4 is 5.78 Å². The number of hydrogen-bond acceptors (Lipinski definition) is 2. The van der Waals surface area contributed by atoms with Crippen LogP contribution in [0, 0.1) is 0 Å². The molecule has 0 N–H and O–H groups in total. The fourth-order valence-electron chi connectivity index (χ4n) is 1.28. The van der Waals surface area contributed by atoms with Gasteiger partial charge in [-0.05, 0) is 32.9 Å². The first-order valence-corrected chi connectivity index (χ1v) is 4.92. The summed E-state index contributed by atoms with van der Waals surface area (Å²) < 4.78 is 0. The number of Topliss-reactive ketones (excluding diaryl/α,β-unsaturated/α-hetero) is 1. The van der Waals surface area contributed by atoms with E-state index in [0.29, 0.717) is 6.54 Å². The summed E-state index contributed by atoms with van der Waals surface area (Å²) in [7, 11) is 0. The number of carbonyl (C=O) groups is 1. The standard InChI is InChI=1S/C10H21NO/c1-4-6-8-11(7-5-2)9-10(3)12/h4-9H2,1-3H3. The van der Waals surface area contributed by atoms with Crippen molar-refractivity contribution in [3.63, 3.8) is 0 Å². The predicted molar refractivity (Wildman–Crippen MR) is 52.3 cm³/mol. The third kappa shape index (κ3) is 6.35. The quantitative estimate of drug-likeness (QED) is 0.584. The van der Waals surface area contributed by atoms with E-state index in [1.165, 1.54) is 12.8 Å². The maximum absolute atomic E-state index is 10.9. The van der Waals surface area contributed by atoms with Crippen LogP contribution in [-0.2, 0) is 4.79 Å². The highest BCUT2D eigenvalue weighted by atomic mass is 16.1. The topological polar surface area (TPSA) is 20.3 Å². The van der Waals surface area contributed by atoms with Crippen LogP contribution < -0.4 is 0 Å². The van der Waals surface area contributed by atoms with Crippen LogP contribution in [0.4, 0.5) is 0 Å². The van der Waals surface area contributed by atoms with E-state index in [0.717, 1.165) is 19.5 Å². The average Bonchev–Trinajstić information content (AvgIpc) is 2.00. The van der Waals surface area contributed by atoms with Gasteiger partial charge in [-0.3, -0.25) is 9.69 Å². The summed E-state index contributed by atoms with van der Waals surface area (Å²) in [6.07, 6.45) is 3.54. The maximum Gasteiger partial charge on any atom is 0.143 e. The molecule has 0 fully saturated rings. The van der Waals surface area contributed by atoms with Crippen LogP contribution in [0.25, 0.3) is 0 Å². The number of carbonyl (C=O) groups excluding carboxylic acids is 1. The van der Waals surface area contributed by atoms with Crippen molar-refractivity contribution in [3.8, 4) is 0 Å². The zero-order chi connectivity index (χ0) is 9.40. The van der Waals surface area contributed by atoms with Gasteiger partial charge in [0.05, 0.1) is 6.54 Å². The zero-order valence-electron chi connectivity index (χ0n) is 8.60. The molecule has 0 saturated carbocycles. The molecular weight excluding hydrogens is 150 g/mol. The Morgan fingerprint density at radius 3 is 2.25 bits per heavy atom. The molecule has 0 aliphatic heterocycles. The van der Waals surface area contributed by atoms with Crippen molar-refractivity contribution in [3.05, 3.63) is 0 Å². The summed E-state index contributed by atoms with van der Waals surface area (Å²) in [5, 5.41) is 0. The summed E-state index contributed by atoms with van der Waals surface area (Å²) in [6, 6.07) is 0. The summed E-state index contributed by atoms with van der Waals surface area (Å²) in [6.45, 7) is 8.75. The van der Waals surface area contributed by atoms with Gasteiger partial charge in [0, 0.05) is 0 Å². The Morgan fingerprint density at radius 2 is 1.83 bits per heavy atom. The molecule has 0 aliphatic rings. The van der Waals surface area contributed by atoms with Gasteiger partial charge in [-0.2, -0.15) is 0 Å². The molecule has 72 valence electrons. The summed E-state index contributed by atoms with van der Waals surface area (Å²) in [5.41, 5.74) is 0. The number of ketones is 1. The molecule has 0 bridgehead atoms. The number of nitrogens with zero attached hydrogens (tertiary/aromatic N) is 1. The van der Waals surface area contributed by atoms with Crippen molar-refractivity contribution in [2.45, 2.75) is 40.0 Å². The second-order valence-corrected chi connectivity index (χ2v) is 3.33. The number of rotatable bonds is 7. The first kappa shape index (κ1) is 11.6. The van der Waals surface area contributed by atoms with Crippen LogP contribution in [0.3, 0.4) is 0 Å². The van der Waals surface area contributed by atoms with Gasteiger partial charge >= 0.3 is 0 Å². The van der Waals surface area contributed by atoms with Crippen molar-refractivity contribution in [2.24, 2.45) is 0 Å². The van der Waals surface area contributed by atoms with E-state index in [4.69, 9.17) is 0 Å². The van der Waals surface area contributed by atoms with Gasteiger partial charge in [0.1, 0.15) is 5.78 Å². The third-order valence-electron chi connectivity index (χ3n) is 1.81. The first-order chi connectivity index (χ1) is 5.70. The van der Waals surface area contributed by atoms with Crippen LogP contribution >= 0.6 is 0 Å². The van der Waals surface area contributed by atoms with E-state index in [9.17, 15) is 4.79 Å². The maximum atomic E-state index is 10.9. The third-order valence-corrected chi connectivity index (χ3v) is 1.81. The van der Waals surface area contributed by atoms with Gasteiger partial charge in [0.2, 0.25) is 0 Å². The first-order valence-electron chi connectivity index (χ1n) is 4.92. The van der Waals surface area contributed by atoms with Crippen molar-refractivity contribution in [1.29, 1.82) is 0 Å². The molecule has 0 heterocycles. The van der Waals surface area contributed by atoms with E-state index >= 15 is 0 Å². The molecule has 2 nitrogen and oxygen atoms in total. The van der Waals surface area contributed by atoms with Crippen LogP contribution in [0.15, 0.2) is 0 Å². The highest BCUT2D eigenvalue weighted by molar-refractivity contribution is 5.77. The van der Waals surface area contributed by atoms with E-state index in [1.807, 2.05) is 0 Å². The molecule has 0 aliphatic carbocycles. The van der Waals surface area contributed by atoms with Gasteiger partial charge in [-0.1, -0.05) is 20.3 Å². The normalized spacial score (nSPS) is 10.7. The lowest BCUT2D eigenvalue weighted by Gasteiger charge is -2.19. The van der Waals surface area contributed by atoms with Gasteiger partial charge in [-0.25, -0.2) is 0 Å². The molecule has 0 radical (unpaired) electrons. The van der Waals surface area contributed by atoms with Gasteiger partial charge in [0.15, 0.2) is 0 Å². The summed E-state index contributed by atoms with van der Waals surface area (Å²) in [5.74, 6) is 0.277. The Hall–Kier alpha value is -0.370. The minimum atomic E-state index is 0.277. The van der Waals surface area contributed by atoms with E-state index in [1.54, 1.807) is 6.92 Å². The molecular formula is C10H21NO. The largest absolute Gasteiger partial charge is 0.299 e. The summed E-state index contributed by atoms with van der Waals surface area (Å²) >= 11 is 0. The lowest BCUT2D eigenvalue weighted by Crippen LogP contribution is -2.30. The Bertz CT molecular complexity index is 123. The fourth-order valence-corrected chi connectivity index (χ4v) is 1.28. The minimum Gasteiger partial charge on any atom is -0.299 e. The molecule has 0 amide bonds. The molecule has 0 saturated heterocycles. The van der Waals surface area contributed by atoms with E-state index < -0.39 is 0 Å². The highest BCUT2D eigenvalue weighted by Gasteiger charge is 2.04. The van der Waals surface area contributed by atoms with Crippen LogP contribution in [-0.4, -0.2) is 30.3 Å². The number of unbranched alkanes of at least 4 members (excludes halogenated alkanes) is 1. The van der Waals surface area contributed by atoms with Crippen molar-refractivity contribution in [2.75, 3.05) is 19.6 Å². The van der Waals surface area contributed by atoms with E-state index in [-0.39, 0.29) is 5.78 Å². The van der Waals surface area contributed by atoms with Crippen LogP contribution in [0.5, 0.6) is 0 Å². The second-order valence-electron chi connectivity index (χ2n) is 3.33. The predicted octanol–water partition coefficient (Wildman–Crippen LogP) is 2.09. The number of hydrogen-bond donors (Lipinski definition) is 0. The Morgan fingerprint density at radius 1 is 1.17 bits per heavy atom. The SMILES string of the molecule is CCCCN(CCC)CC(C)=O.